The van der Waals surface area contributed by atoms with E-state index in [9.17, 15) is 13.2 Å². The second kappa shape index (κ2) is 4.62. The average Bonchev–Trinajstić information content (AvgIpc) is 1.85. The standard InChI is InChI=1S/C4H4N2O.CH4O3S/c7-4-1-2-5-3-6-4;1-5(2,3)4/h1-3H,(H,5,6,7);1H3,(H,2,3,4). The summed E-state index contributed by atoms with van der Waals surface area (Å²) in [4.78, 5) is 16.1. The van der Waals surface area contributed by atoms with Gasteiger partial charge in [0.2, 0.25) is 0 Å². The van der Waals surface area contributed by atoms with E-state index in [0.717, 1.165) is 0 Å². The van der Waals surface area contributed by atoms with Crippen LogP contribution in [0.2, 0.25) is 0 Å². The van der Waals surface area contributed by atoms with Crippen LogP contribution in [0.5, 0.6) is 0 Å². The summed E-state index contributed by atoms with van der Waals surface area (Å²) in [5.41, 5.74) is -0.116. The van der Waals surface area contributed by atoms with E-state index in [-0.39, 0.29) is 5.56 Å². The van der Waals surface area contributed by atoms with E-state index < -0.39 is 10.1 Å². The van der Waals surface area contributed by atoms with Crippen molar-refractivity contribution >= 4 is 10.1 Å². The van der Waals surface area contributed by atoms with E-state index in [1.807, 2.05) is 0 Å². The summed E-state index contributed by atoms with van der Waals surface area (Å²) in [6.07, 6.45) is 3.51. The Hall–Kier alpha value is -1.21. The van der Waals surface area contributed by atoms with Crippen molar-refractivity contribution in [1.82, 2.24) is 9.97 Å². The second-order valence-corrected chi connectivity index (χ2v) is 3.30. The number of nitrogens with one attached hydrogen (secondary N) is 1. The van der Waals surface area contributed by atoms with Crippen molar-refractivity contribution in [2.45, 2.75) is 0 Å². The van der Waals surface area contributed by atoms with E-state index >= 15 is 0 Å². The molecule has 0 saturated carbocycles. The summed E-state index contributed by atoms with van der Waals surface area (Å²) in [5.74, 6) is 0. The first kappa shape index (κ1) is 10.8. The van der Waals surface area contributed by atoms with Crippen LogP contribution in [0.15, 0.2) is 23.4 Å². The van der Waals surface area contributed by atoms with Crippen LogP contribution >= 0.6 is 0 Å². The minimum absolute atomic E-state index is 0.116. The van der Waals surface area contributed by atoms with E-state index in [1.54, 1.807) is 0 Å². The normalized spacial score (nSPS) is 9.83. The van der Waals surface area contributed by atoms with Crippen LogP contribution in [0.3, 0.4) is 0 Å². The molecule has 12 heavy (non-hydrogen) atoms. The molecule has 1 rings (SSSR count). The minimum Gasteiger partial charge on any atom is -0.313 e. The first-order valence-electron chi connectivity index (χ1n) is 2.81. The molecule has 0 unspecified atom stereocenters. The molecule has 0 bridgehead atoms. The van der Waals surface area contributed by atoms with Gasteiger partial charge in [0.15, 0.2) is 0 Å². The maximum Gasteiger partial charge on any atom is 0.261 e. The summed E-state index contributed by atoms with van der Waals surface area (Å²) < 4.78 is 25.9. The SMILES string of the molecule is CS(=O)(=O)O.O=c1ccnc[nH]1. The zero-order chi connectivity index (χ0) is 9.61. The van der Waals surface area contributed by atoms with Crippen LogP contribution in [0.25, 0.3) is 0 Å². The fraction of sp³-hybridized carbons (Fsp3) is 0.200. The molecule has 0 radical (unpaired) electrons. The molecule has 0 atom stereocenters. The predicted octanol–water partition coefficient (Wildman–Crippen LogP) is -0.726. The molecule has 0 aliphatic rings. The highest BCUT2D eigenvalue weighted by atomic mass is 32.2. The Morgan fingerprint density at radius 2 is 2.08 bits per heavy atom. The molecular weight excluding hydrogens is 184 g/mol. The van der Waals surface area contributed by atoms with Crippen LogP contribution < -0.4 is 5.56 Å². The Labute approximate surface area is 69.0 Å². The minimum atomic E-state index is -3.67. The second-order valence-electron chi connectivity index (χ2n) is 1.84. The lowest BCUT2D eigenvalue weighted by molar-refractivity contribution is 0.490. The number of H-pyrrole nitrogens is 1. The zero-order valence-corrected chi connectivity index (χ0v) is 7.08. The van der Waals surface area contributed by atoms with Gasteiger partial charge in [0.25, 0.3) is 15.7 Å². The van der Waals surface area contributed by atoms with E-state index in [2.05, 4.69) is 9.97 Å². The molecule has 7 heteroatoms. The number of rotatable bonds is 0. The summed E-state index contributed by atoms with van der Waals surface area (Å²) >= 11 is 0. The molecule has 1 heterocycles. The maximum atomic E-state index is 10.2. The summed E-state index contributed by atoms with van der Waals surface area (Å²) in [6, 6.07) is 1.36. The number of nitrogens with zero attached hydrogens (tertiary/aromatic N) is 1. The molecule has 1 aromatic rings. The van der Waals surface area contributed by atoms with Crippen LogP contribution in [0.1, 0.15) is 0 Å². The lowest BCUT2D eigenvalue weighted by atomic mass is 10.7. The molecule has 6 nitrogen and oxygen atoms in total. The lowest BCUT2D eigenvalue weighted by Gasteiger charge is -1.73. The summed E-state index contributed by atoms with van der Waals surface area (Å²) in [6.45, 7) is 0. The Bertz CT molecular complexity index is 344. The van der Waals surface area contributed by atoms with Crippen molar-refractivity contribution in [3.05, 3.63) is 28.9 Å². The van der Waals surface area contributed by atoms with Gasteiger partial charge in [-0.25, -0.2) is 4.98 Å². The van der Waals surface area contributed by atoms with Crippen molar-refractivity contribution in [3.8, 4) is 0 Å². The van der Waals surface area contributed by atoms with Gasteiger partial charge in [-0.05, 0) is 0 Å². The third kappa shape index (κ3) is 11.6. The van der Waals surface area contributed by atoms with Crippen LogP contribution in [0, 0.1) is 0 Å². The quantitative estimate of drug-likeness (QED) is 0.528. The van der Waals surface area contributed by atoms with Crippen molar-refractivity contribution in [2.24, 2.45) is 0 Å². The van der Waals surface area contributed by atoms with Crippen LogP contribution in [0.4, 0.5) is 0 Å². The molecule has 0 spiro atoms. The Balaban J connectivity index is 0.000000217. The number of hydrogen-bond donors (Lipinski definition) is 2. The first-order chi connectivity index (χ1) is 5.39. The molecule has 1 aromatic heterocycles. The van der Waals surface area contributed by atoms with Crippen molar-refractivity contribution in [1.29, 1.82) is 0 Å². The molecular formula is C5H8N2O4S. The van der Waals surface area contributed by atoms with Gasteiger partial charge in [-0.1, -0.05) is 0 Å². The predicted molar refractivity (Wildman–Crippen MR) is 42.3 cm³/mol. The highest BCUT2D eigenvalue weighted by Gasteiger charge is 1.81. The zero-order valence-electron chi connectivity index (χ0n) is 6.26. The van der Waals surface area contributed by atoms with Gasteiger partial charge in [0.05, 0.1) is 12.6 Å². The fourth-order valence-corrected chi connectivity index (χ4v) is 0.303. The Morgan fingerprint density at radius 3 is 2.25 bits per heavy atom. The van der Waals surface area contributed by atoms with Gasteiger partial charge in [-0.3, -0.25) is 9.35 Å². The molecule has 0 amide bonds. The number of aromatic amines is 1. The van der Waals surface area contributed by atoms with Crippen molar-refractivity contribution in [3.63, 3.8) is 0 Å². The van der Waals surface area contributed by atoms with Gasteiger partial charge >= 0.3 is 0 Å². The van der Waals surface area contributed by atoms with Gasteiger partial charge in [0.1, 0.15) is 0 Å². The molecule has 0 aliphatic carbocycles. The fourth-order valence-electron chi connectivity index (χ4n) is 0.303. The molecule has 0 fully saturated rings. The first-order valence-corrected chi connectivity index (χ1v) is 4.65. The number of hydrogen-bond acceptors (Lipinski definition) is 4. The summed E-state index contributed by atoms with van der Waals surface area (Å²) in [5, 5.41) is 0. The topological polar surface area (TPSA) is 100 Å². The Morgan fingerprint density at radius 1 is 1.58 bits per heavy atom. The highest BCUT2D eigenvalue weighted by molar-refractivity contribution is 7.85. The third-order valence-electron chi connectivity index (χ3n) is 0.593. The molecule has 0 aromatic carbocycles. The largest absolute Gasteiger partial charge is 0.313 e. The van der Waals surface area contributed by atoms with E-state index in [4.69, 9.17) is 4.55 Å². The molecule has 0 saturated heterocycles. The van der Waals surface area contributed by atoms with Gasteiger partial charge < -0.3 is 4.98 Å². The third-order valence-corrected chi connectivity index (χ3v) is 0.593. The van der Waals surface area contributed by atoms with Gasteiger partial charge in [0, 0.05) is 12.3 Å². The number of aromatic nitrogens is 2. The van der Waals surface area contributed by atoms with E-state index in [0.29, 0.717) is 6.26 Å². The van der Waals surface area contributed by atoms with Crippen LogP contribution in [-0.2, 0) is 10.1 Å². The summed E-state index contributed by atoms with van der Waals surface area (Å²) in [7, 11) is -3.67. The molecule has 68 valence electrons. The highest BCUT2D eigenvalue weighted by Crippen LogP contribution is 1.60. The maximum absolute atomic E-state index is 10.2. The van der Waals surface area contributed by atoms with Crippen molar-refractivity contribution in [2.75, 3.05) is 6.26 Å². The van der Waals surface area contributed by atoms with Gasteiger partial charge in [-0.2, -0.15) is 8.42 Å². The van der Waals surface area contributed by atoms with Crippen LogP contribution in [-0.4, -0.2) is 29.2 Å². The lowest BCUT2D eigenvalue weighted by Crippen LogP contribution is -2.00. The smallest absolute Gasteiger partial charge is 0.261 e. The molecule has 0 aliphatic heterocycles. The Kier molecular flexibility index (Phi) is 4.16. The van der Waals surface area contributed by atoms with Crippen molar-refractivity contribution < 1.29 is 13.0 Å². The molecule has 2 N–H and O–H groups in total. The van der Waals surface area contributed by atoms with Gasteiger partial charge in [-0.15, -0.1) is 0 Å². The van der Waals surface area contributed by atoms with E-state index in [1.165, 1.54) is 18.6 Å². The average molecular weight is 192 g/mol. The monoisotopic (exact) mass is 192 g/mol.